The van der Waals surface area contributed by atoms with Crippen molar-refractivity contribution in [2.75, 3.05) is 5.73 Å². The Hall–Kier alpha value is -3.29. The molecule has 5 nitrogen and oxygen atoms in total. The summed E-state index contributed by atoms with van der Waals surface area (Å²) in [7, 11) is 0. The fraction of sp³-hybridized carbons (Fsp3) is 0.111. The number of imidazole rings is 1. The number of anilines is 1. The molecule has 0 saturated heterocycles. The van der Waals surface area contributed by atoms with Crippen molar-refractivity contribution in [3.05, 3.63) is 76.9 Å². The Balaban J connectivity index is 1.84. The molecule has 0 saturated carbocycles. The molecule has 134 valence electrons. The van der Waals surface area contributed by atoms with Crippen LogP contribution in [0.5, 0.6) is 5.75 Å². The third-order valence-electron chi connectivity index (χ3n) is 3.52. The third-order valence-corrected chi connectivity index (χ3v) is 3.52. The zero-order chi connectivity index (χ0) is 18.7. The Bertz CT molecular complexity index is 969. The minimum atomic E-state index is -0.611. The van der Waals surface area contributed by atoms with Crippen molar-refractivity contribution >= 4 is 12.2 Å². The molecule has 2 aromatic carbocycles. The maximum absolute atomic E-state index is 13.7. The number of benzene rings is 2. The van der Waals surface area contributed by atoms with Crippen LogP contribution in [0.15, 0.2) is 47.7 Å². The van der Waals surface area contributed by atoms with Gasteiger partial charge in [0.05, 0.1) is 18.1 Å². The van der Waals surface area contributed by atoms with Gasteiger partial charge in [0.1, 0.15) is 29.8 Å². The Morgan fingerprint density at radius 2 is 1.88 bits per heavy atom. The van der Waals surface area contributed by atoms with Crippen molar-refractivity contribution < 1.29 is 17.9 Å². The molecule has 0 bridgehead atoms. The summed E-state index contributed by atoms with van der Waals surface area (Å²) < 4.78 is 47.3. The van der Waals surface area contributed by atoms with Crippen LogP contribution in [-0.2, 0) is 6.61 Å². The van der Waals surface area contributed by atoms with Crippen LogP contribution in [0.4, 0.5) is 19.1 Å². The van der Waals surface area contributed by atoms with Gasteiger partial charge in [0.2, 0.25) is 5.95 Å². The number of hydrogen-bond acceptors (Lipinski definition) is 4. The van der Waals surface area contributed by atoms with Crippen molar-refractivity contribution in [2.45, 2.75) is 13.5 Å². The van der Waals surface area contributed by atoms with Gasteiger partial charge in [-0.15, -0.1) is 0 Å². The van der Waals surface area contributed by atoms with E-state index in [1.807, 2.05) is 0 Å². The molecule has 0 aliphatic carbocycles. The summed E-state index contributed by atoms with van der Waals surface area (Å²) in [5, 5.41) is 4.14. The van der Waals surface area contributed by atoms with Crippen LogP contribution in [0.2, 0.25) is 0 Å². The van der Waals surface area contributed by atoms with Gasteiger partial charge in [-0.2, -0.15) is 5.10 Å². The molecule has 0 atom stereocenters. The molecule has 2 N–H and O–H groups in total. The third kappa shape index (κ3) is 4.02. The number of aromatic nitrogens is 2. The van der Waals surface area contributed by atoms with E-state index in [9.17, 15) is 13.2 Å². The first-order valence-corrected chi connectivity index (χ1v) is 7.64. The van der Waals surface area contributed by atoms with Gasteiger partial charge >= 0.3 is 0 Å². The molecule has 0 radical (unpaired) electrons. The summed E-state index contributed by atoms with van der Waals surface area (Å²) in [6, 6.07) is 6.87. The summed E-state index contributed by atoms with van der Waals surface area (Å²) in [6.07, 6.45) is 3.03. The lowest BCUT2D eigenvalue weighted by atomic mass is 10.2. The number of nitrogens with two attached hydrogens (primary N) is 1. The summed E-state index contributed by atoms with van der Waals surface area (Å²) in [4.78, 5) is 4.01. The van der Waals surface area contributed by atoms with Gasteiger partial charge in [-0.1, -0.05) is 0 Å². The van der Waals surface area contributed by atoms with Crippen molar-refractivity contribution in [1.82, 2.24) is 9.66 Å². The number of nitrogen functional groups attached to an aromatic ring is 1. The lowest BCUT2D eigenvalue weighted by Crippen LogP contribution is -2.02. The molecular weight excluding hydrogens is 345 g/mol. The zero-order valence-electron chi connectivity index (χ0n) is 13.8. The molecule has 0 spiro atoms. The van der Waals surface area contributed by atoms with Gasteiger partial charge in [-0.25, -0.2) is 22.8 Å². The van der Waals surface area contributed by atoms with Crippen molar-refractivity contribution in [3.63, 3.8) is 0 Å². The Labute approximate surface area is 147 Å². The van der Waals surface area contributed by atoms with Gasteiger partial charge in [0.15, 0.2) is 0 Å². The number of rotatable bonds is 5. The summed E-state index contributed by atoms with van der Waals surface area (Å²) in [5.41, 5.74) is 6.85. The molecule has 0 unspecified atom stereocenters. The monoisotopic (exact) mass is 360 g/mol. The SMILES string of the molecule is Cc1cn(N=Cc2ccc(F)cc2OCc2cc(F)ccc2F)c(N)n1. The molecule has 26 heavy (non-hydrogen) atoms. The van der Waals surface area contributed by atoms with E-state index in [0.29, 0.717) is 11.3 Å². The zero-order valence-corrected chi connectivity index (χ0v) is 13.8. The van der Waals surface area contributed by atoms with Gasteiger partial charge in [0.25, 0.3) is 0 Å². The summed E-state index contributed by atoms with van der Waals surface area (Å²) >= 11 is 0. The largest absolute Gasteiger partial charge is 0.488 e. The van der Waals surface area contributed by atoms with Crippen LogP contribution in [0, 0.1) is 24.4 Å². The predicted molar refractivity (Wildman–Crippen MR) is 91.5 cm³/mol. The summed E-state index contributed by atoms with van der Waals surface area (Å²) in [6.45, 7) is 1.50. The first kappa shape index (κ1) is 17.5. The molecule has 8 heteroatoms. The van der Waals surface area contributed by atoms with Gasteiger partial charge in [0, 0.05) is 17.2 Å². The highest BCUT2D eigenvalue weighted by atomic mass is 19.1. The van der Waals surface area contributed by atoms with E-state index < -0.39 is 17.5 Å². The summed E-state index contributed by atoms with van der Waals surface area (Å²) in [5.74, 6) is -1.40. The van der Waals surface area contributed by atoms with E-state index in [-0.39, 0.29) is 23.9 Å². The van der Waals surface area contributed by atoms with E-state index in [1.54, 1.807) is 13.1 Å². The normalized spacial score (nSPS) is 11.2. The van der Waals surface area contributed by atoms with Crippen molar-refractivity contribution in [1.29, 1.82) is 0 Å². The molecule has 0 fully saturated rings. The molecule has 0 amide bonds. The highest BCUT2D eigenvalue weighted by Gasteiger charge is 2.09. The van der Waals surface area contributed by atoms with Crippen LogP contribution >= 0.6 is 0 Å². The molecule has 1 heterocycles. The Morgan fingerprint density at radius 3 is 2.62 bits per heavy atom. The van der Waals surface area contributed by atoms with Gasteiger partial charge in [-0.3, -0.25) is 0 Å². The van der Waals surface area contributed by atoms with E-state index in [1.165, 1.54) is 23.0 Å². The molecule has 0 aliphatic heterocycles. The van der Waals surface area contributed by atoms with Crippen LogP contribution < -0.4 is 10.5 Å². The lowest BCUT2D eigenvalue weighted by Gasteiger charge is -2.10. The van der Waals surface area contributed by atoms with Gasteiger partial charge < -0.3 is 10.5 Å². The minimum Gasteiger partial charge on any atom is -0.488 e. The van der Waals surface area contributed by atoms with Crippen LogP contribution in [0.1, 0.15) is 16.8 Å². The smallest absolute Gasteiger partial charge is 0.221 e. The number of hydrogen-bond donors (Lipinski definition) is 1. The highest BCUT2D eigenvalue weighted by Crippen LogP contribution is 2.21. The lowest BCUT2D eigenvalue weighted by molar-refractivity contribution is 0.297. The average molecular weight is 360 g/mol. The Kier molecular flexibility index (Phi) is 4.92. The molecule has 0 aliphatic rings. The van der Waals surface area contributed by atoms with Crippen molar-refractivity contribution in [2.24, 2.45) is 5.10 Å². The van der Waals surface area contributed by atoms with E-state index in [0.717, 1.165) is 24.3 Å². The second-order valence-electron chi connectivity index (χ2n) is 5.54. The second kappa shape index (κ2) is 7.30. The highest BCUT2D eigenvalue weighted by molar-refractivity contribution is 5.83. The standard InChI is InChI=1S/C18H15F3N4O/c1-11-9-25(18(22)24-11)23-8-12-2-3-15(20)7-17(12)26-10-13-6-14(19)4-5-16(13)21/h2-9H,10H2,1H3,(H2,22,24). The van der Waals surface area contributed by atoms with Crippen molar-refractivity contribution in [3.8, 4) is 5.75 Å². The van der Waals surface area contributed by atoms with Crippen LogP contribution in [0.3, 0.4) is 0 Å². The van der Waals surface area contributed by atoms with Crippen LogP contribution in [0.25, 0.3) is 0 Å². The minimum absolute atomic E-state index is 0.0200. The number of halogens is 3. The quantitative estimate of drug-likeness (QED) is 0.707. The molecule has 3 rings (SSSR count). The maximum Gasteiger partial charge on any atom is 0.221 e. The number of nitrogens with zero attached hydrogens (tertiary/aromatic N) is 3. The van der Waals surface area contributed by atoms with Crippen LogP contribution in [-0.4, -0.2) is 15.9 Å². The molecule has 3 aromatic rings. The number of aryl methyl sites for hydroxylation is 1. The topological polar surface area (TPSA) is 65.4 Å². The van der Waals surface area contributed by atoms with E-state index in [2.05, 4.69) is 10.1 Å². The number of ether oxygens (including phenoxy) is 1. The Morgan fingerprint density at radius 1 is 1.15 bits per heavy atom. The first-order chi connectivity index (χ1) is 12.4. The predicted octanol–water partition coefficient (Wildman–Crippen LogP) is 3.65. The second-order valence-corrected chi connectivity index (χ2v) is 5.54. The van der Waals surface area contributed by atoms with E-state index >= 15 is 0 Å². The molecule has 1 aromatic heterocycles. The maximum atomic E-state index is 13.7. The van der Waals surface area contributed by atoms with Gasteiger partial charge in [-0.05, 0) is 37.3 Å². The average Bonchev–Trinajstić information content (AvgIpc) is 2.92. The fourth-order valence-corrected chi connectivity index (χ4v) is 2.27. The van der Waals surface area contributed by atoms with E-state index in [4.69, 9.17) is 10.5 Å². The molecular formula is C18H15F3N4O. The first-order valence-electron chi connectivity index (χ1n) is 7.64. The fourth-order valence-electron chi connectivity index (χ4n) is 2.27.